The number of nitrogen functional groups attached to an aromatic ring is 1. The number of hydrogen-bond acceptors (Lipinski definition) is 15. The average Bonchev–Trinajstić information content (AvgIpc) is 3.71. The maximum absolute atomic E-state index is 13.3. The Kier molecular flexibility index (Phi) is 7.90. The van der Waals surface area contributed by atoms with Crippen LogP contribution < -0.4 is 11.3 Å². The SMILES string of the molecule is Nc1ncnc2c1c(I)cn2[C@@H]1O[C@@H]2COP(=O)(O)OC3C(O)[C@@H](COP(=O)(O)OC2C1O)C[C@H]3n1cnc2c(=O)[nH]cnc21. The molecule has 4 aromatic heterocycles. The molecule has 7 N–H and O–H groups in total. The third kappa shape index (κ3) is 5.53. The van der Waals surface area contributed by atoms with E-state index in [1.165, 1.54) is 21.8 Å². The van der Waals surface area contributed by atoms with Crippen molar-refractivity contribution in [2.75, 3.05) is 18.9 Å². The van der Waals surface area contributed by atoms with Crippen molar-refractivity contribution in [1.29, 1.82) is 0 Å². The van der Waals surface area contributed by atoms with Crippen molar-refractivity contribution in [3.8, 4) is 0 Å². The van der Waals surface area contributed by atoms with Gasteiger partial charge in [0.1, 0.15) is 42.2 Å². The van der Waals surface area contributed by atoms with Crippen molar-refractivity contribution >= 4 is 66.3 Å². The van der Waals surface area contributed by atoms with Crippen LogP contribution in [0.3, 0.4) is 0 Å². The van der Waals surface area contributed by atoms with Gasteiger partial charge >= 0.3 is 15.6 Å². The third-order valence-electron chi connectivity index (χ3n) is 8.01. The fraction of sp³-hybridized carbons (Fsp3) is 0.500. The predicted molar refractivity (Wildman–Crippen MR) is 157 cm³/mol. The lowest BCUT2D eigenvalue weighted by Crippen LogP contribution is -2.36. The summed E-state index contributed by atoms with van der Waals surface area (Å²) in [6, 6.07) is -0.931. The maximum Gasteiger partial charge on any atom is 0.472 e. The molecule has 3 fully saturated rings. The molecule has 2 aliphatic heterocycles. The molecule has 1 aliphatic carbocycles. The smallest absolute Gasteiger partial charge is 0.390 e. The second kappa shape index (κ2) is 11.4. The number of imidazole rings is 1. The molecule has 2 saturated heterocycles. The van der Waals surface area contributed by atoms with Gasteiger partial charge in [0, 0.05) is 15.7 Å². The fourth-order valence-corrected chi connectivity index (χ4v) is 8.75. The number of aliphatic hydroxyl groups excluding tert-OH is 2. The number of phosphoric acid groups is 2. The molecule has 45 heavy (non-hydrogen) atoms. The van der Waals surface area contributed by atoms with Gasteiger partial charge in [0.2, 0.25) is 0 Å². The Hall–Kier alpha value is -2.40. The number of rotatable bonds is 2. The second-order valence-corrected chi connectivity index (χ2v) is 14.7. The summed E-state index contributed by atoms with van der Waals surface area (Å²) < 4.78 is 57.1. The van der Waals surface area contributed by atoms with Gasteiger partial charge in [-0.2, -0.15) is 0 Å². The lowest BCUT2D eigenvalue weighted by atomic mass is 10.1. The summed E-state index contributed by atoms with van der Waals surface area (Å²) in [6.07, 6.45) is -3.69. The van der Waals surface area contributed by atoms with Crippen LogP contribution in [-0.4, -0.2) is 97.8 Å². The van der Waals surface area contributed by atoms with Gasteiger partial charge < -0.3 is 44.6 Å². The third-order valence-corrected chi connectivity index (χ3v) is 10.8. The van der Waals surface area contributed by atoms with E-state index in [0.717, 1.165) is 6.33 Å². The Morgan fingerprint density at radius 1 is 0.978 bits per heavy atom. The van der Waals surface area contributed by atoms with Crippen LogP contribution in [0.1, 0.15) is 18.7 Å². The summed E-state index contributed by atoms with van der Waals surface area (Å²) in [5.74, 6) is -0.762. The normalized spacial score (nSPS) is 37.7. The van der Waals surface area contributed by atoms with Crippen LogP contribution in [0.2, 0.25) is 0 Å². The predicted octanol–water partition coefficient (Wildman–Crippen LogP) is -0.0505. The Balaban J connectivity index is 1.21. The highest BCUT2D eigenvalue weighted by molar-refractivity contribution is 14.1. The quantitative estimate of drug-likeness (QED) is 0.115. The summed E-state index contributed by atoms with van der Waals surface area (Å²) in [4.78, 5) is 52.4. The first-order valence-electron chi connectivity index (χ1n) is 13.3. The number of nitrogens with one attached hydrogen (secondary N) is 1. The molecule has 23 heteroatoms. The Morgan fingerprint density at radius 3 is 2.49 bits per heavy atom. The summed E-state index contributed by atoms with van der Waals surface area (Å²) >= 11 is 2.00. The molecule has 0 aromatic carbocycles. The average molecular weight is 782 g/mol. The maximum atomic E-state index is 13.3. The number of nitrogens with zero attached hydrogens (tertiary/aromatic N) is 6. The highest BCUT2D eigenvalue weighted by Gasteiger charge is 2.53. The summed E-state index contributed by atoms with van der Waals surface area (Å²) in [5, 5.41) is 22.9. The van der Waals surface area contributed by atoms with Crippen LogP contribution in [0.5, 0.6) is 0 Å². The number of phosphoric ester groups is 2. The zero-order valence-corrected chi connectivity index (χ0v) is 26.6. The number of H-pyrrole nitrogens is 1. The Bertz CT molecular complexity index is 1940. The van der Waals surface area contributed by atoms with E-state index in [1.807, 2.05) is 22.6 Å². The molecule has 4 aromatic rings. The number of anilines is 1. The van der Waals surface area contributed by atoms with Crippen LogP contribution in [0.25, 0.3) is 22.2 Å². The van der Waals surface area contributed by atoms with Gasteiger partial charge in [0.05, 0.1) is 43.4 Å². The lowest BCUT2D eigenvalue weighted by Gasteiger charge is -2.26. The number of halogens is 1. The molecule has 242 valence electrons. The minimum atomic E-state index is -5.00. The van der Waals surface area contributed by atoms with E-state index in [9.17, 15) is 33.9 Å². The first-order valence-corrected chi connectivity index (χ1v) is 17.4. The van der Waals surface area contributed by atoms with Gasteiger partial charge in [-0.25, -0.2) is 29.1 Å². The zero-order valence-electron chi connectivity index (χ0n) is 22.6. The van der Waals surface area contributed by atoms with E-state index in [0.29, 0.717) is 8.96 Å². The lowest BCUT2D eigenvalue weighted by molar-refractivity contribution is -0.0551. The molecule has 2 bridgehead atoms. The molecular weight excluding hydrogens is 757 g/mol. The van der Waals surface area contributed by atoms with Gasteiger partial charge in [-0.1, -0.05) is 0 Å². The minimum absolute atomic E-state index is 0.0179. The van der Waals surface area contributed by atoms with E-state index >= 15 is 0 Å². The topological polar surface area (TPSA) is 282 Å². The summed E-state index contributed by atoms with van der Waals surface area (Å²) in [6.45, 7) is -1.32. The van der Waals surface area contributed by atoms with Gasteiger partial charge in [-0.3, -0.25) is 22.9 Å². The molecule has 0 amide bonds. The Morgan fingerprint density at radius 2 is 1.71 bits per heavy atom. The van der Waals surface area contributed by atoms with Crippen molar-refractivity contribution < 1.29 is 52.0 Å². The van der Waals surface area contributed by atoms with E-state index in [1.54, 1.807) is 6.20 Å². The highest BCUT2D eigenvalue weighted by Crippen LogP contribution is 2.55. The van der Waals surface area contributed by atoms with Crippen LogP contribution in [-0.2, 0) is 32.0 Å². The largest absolute Gasteiger partial charge is 0.472 e. The van der Waals surface area contributed by atoms with Crippen LogP contribution in [0.15, 0.2) is 30.0 Å². The molecule has 6 heterocycles. The van der Waals surface area contributed by atoms with Crippen molar-refractivity contribution in [2.45, 2.75) is 49.2 Å². The van der Waals surface area contributed by atoms with E-state index < -0.39 is 83.1 Å². The van der Waals surface area contributed by atoms with Crippen LogP contribution >= 0.6 is 38.2 Å². The van der Waals surface area contributed by atoms with Crippen molar-refractivity contribution in [2.24, 2.45) is 5.92 Å². The number of nitrogens with two attached hydrogens (primary N) is 1. The van der Waals surface area contributed by atoms with Gasteiger partial charge in [0.25, 0.3) is 5.56 Å². The van der Waals surface area contributed by atoms with Gasteiger partial charge in [0.15, 0.2) is 17.4 Å². The Labute approximate surface area is 264 Å². The first-order chi connectivity index (χ1) is 21.3. The number of fused-ring (bicyclic) bond motifs is 5. The molecular formula is C22H25IN8O12P2. The zero-order chi connectivity index (χ0) is 31.8. The molecule has 3 aliphatic rings. The number of aromatic amines is 1. The molecule has 7 rings (SSSR count). The number of hydrogen-bond donors (Lipinski definition) is 6. The van der Waals surface area contributed by atoms with E-state index in [4.69, 9.17) is 28.6 Å². The molecule has 10 atom stereocenters. The van der Waals surface area contributed by atoms with Crippen molar-refractivity contribution in [1.82, 2.24) is 34.1 Å². The summed E-state index contributed by atoms with van der Waals surface area (Å²) in [5.41, 5.74) is 5.84. The molecule has 20 nitrogen and oxygen atoms in total. The molecule has 0 radical (unpaired) electrons. The van der Waals surface area contributed by atoms with Crippen LogP contribution in [0, 0.1) is 9.49 Å². The molecule has 0 spiro atoms. The number of ether oxygens (including phenoxy) is 1. The summed E-state index contributed by atoms with van der Waals surface area (Å²) in [7, 11) is -9.95. The van der Waals surface area contributed by atoms with Crippen LogP contribution in [0.4, 0.5) is 5.82 Å². The fourth-order valence-electron chi connectivity index (χ4n) is 5.95. The highest BCUT2D eigenvalue weighted by atomic mass is 127. The minimum Gasteiger partial charge on any atom is -0.390 e. The van der Waals surface area contributed by atoms with E-state index in [-0.39, 0.29) is 29.0 Å². The first kappa shape index (κ1) is 31.2. The number of aromatic nitrogens is 7. The monoisotopic (exact) mass is 782 g/mol. The van der Waals surface area contributed by atoms with Crippen molar-refractivity contribution in [3.05, 3.63) is 39.1 Å². The van der Waals surface area contributed by atoms with Gasteiger partial charge in [-0.05, 0) is 29.0 Å². The standard InChI is InChI=1S/C22H25IN8O12P2/c23-9-2-30(19-12(9)18(24)25-5-26-19)22-15(33)17-11(41-22)4-40-45(37,38)42-16-10(1-8(14(16)32)3-39-44(35,36)43-17)31-7-29-13-20(31)27-6-28-21(13)34/h2,5-8,10-11,14-17,22,32-33H,1,3-4H2,(H,35,36)(H,37,38)(H2,24,25,26)(H,27,28,34)/t8-,10-,11-,14?,15?,16?,17?,22-/m1/s1. The molecule has 6 unspecified atom stereocenters. The number of aliphatic hydroxyl groups is 2. The molecule has 1 saturated carbocycles. The van der Waals surface area contributed by atoms with Gasteiger partial charge in [-0.15, -0.1) is 0 Å². The van der Waals surface area contributed by atoms with E-state index in [2.05, 4.69) is 24.9 Å². The van der Waals surface area contributed by atoms with Crippen molar-refractivity contribution in [3.63, 3.8) is 0 Å². The second-order valence-electron chi connectivity index (χ2n) is 10.7.